The SMILES string of the molecule is O=C(CC(=O)C(F)(F)F)c1cccs1.O=C(CC(=O)C(F)(F)F)c1cccs1.O=C(CC(=O)C(F)(F)F)c1cccs1.[Sm+3].c1ccc(-c2ccnc3c2ccc2c(-c4ccccc4)ccnc23)cc1. The van der Waals surface area contributed by atoms with Crippen LogP contribution >= 0.6 is 34.0 Å². The van der Waals surface area contributed by atoms with E-state index >= 15 is 0 Å². The average molecular weight is 1150 g/mol. The summed E-state index contributed by atoms with van der Waals surface area (Å²) in [6.07, 6.45) is -14.3. The van der Waals surface area contributed by atoms with E-state index in [1.807, 2.05) is 24.5 Å². The van der Waals surface area contributed by atoms with E-state index in [0.717, 1.165) is 55.8 Å². The van der Waals surface area contributed by atoms with Crippen molar-refractivity contribution in [3.05, 3.63) is 164 Å². The van der Waals surface area contributed by atoms with Gasteiger partial charge < -0.3 is 0 Å². The minimum absolute atomic E-state index is 0. The molecule has 0 N–H and O–H groups in total. The van der Waals surface area contributed by atoms with E-state index in [2.05, 4.69) is 82.8 Å². The fraction of sp³-hybridized carbons (Fsp3) is 0.125. The molecule has 0 bridgehead atoms. The van der Waals surface area contributed by atoms with Crippen molar-refractivity contribution < 1.29 is 109 Å². The van der Waals surface area contributed by atoms with Crippen LogP contribution in [0.2, 0.25) is 0 Å². The topological polar surface area (TPSA) is 128 Å². The fourth-order valence-corrected chi connectivity index (χ4v) is 7.87. The molecule has 0 saturated heterocycles. The number of aromatic nitrogens is 2. The Balaban J connectivity index is 0.000000210. The number of carbonyl (C=O) groups excluding carboxylic acids is 6. The third kappa shape index (κ3) is 16.2. The molecule has 8 rings (SSSR count). The van der Waals surface area contributed by atoms with Gasteiger partial charge in [-0.3, -0.25) is 38.7 Å². The van der Waals surface area contributed by atoms with Gasteiger partial charge in [0.1, 0.15) is 0 Å². The normalized spacial score (nSPS) is 11.1. The first-order valence-electron chi connectivity index (χ1n) is 19.4. The quantitative estimate of drug-likeness (QED) is 0.0542. The van der Waals surface area contributed by atoms with Gasteiger partial charge in [-0.1, -0.05) is 91.0 Å². The van der Waals surface area contributed by atoms with Crippen molar-refractivity contribution >= 4 is 90.5 Å². The van der Waals surface area contributed by atoms with Crippen molar-refractivity contribution in [1.82, 2.24) is 9.97 Å². The molecule has 0 fully saturated rings. The molecule has 1 radical (unpaired) electrons. The van der Waals surface area contributed by atoms with Crippen LogP contribution in [-0.2, 0) is 14.4 Å². The number of benzene rings is 3. The first-order valence-corrected chi connectivity index (χ1v) is 22.1. The molecule has 0 atom stereocenters. The van der Waals surface area contributed by atoms with Crippen LogP contribution in [0.15, 0.2) is 150 Å². The zero-order valence-corrected chi connectivity index (χ0v) is 40.0. The second kappa shape index (κ2) is 25.2. The van der Waals surface area contributed by atoms with Gasteiger partial charge in [-0.25, -0.2) is 0 Å². The van der Waals surface area contributed by atoms with E-state index in [0.29, 0.717) is 0 Å². The van der Waals surface area contributed by atoms with Crippen molar-refractivity contribution in [2.24, 2.45) is 0 Å². The summed E-state index contributed by atoms with van der Waals surface area (Å²) in [6, 6.07) is 38.1. The molecule has 69 heavy (non-hydrogen) atoms. The summed E-state index contributed by atoms with van der Waals surface area (Å²) in [5.74, 6) is -8.38. The minimum atomic E-state index is -4.92. The van der Waals surface area contributed by atoms with Gasteiger partial charge in [0.25, 0.3) is 0 Å². The predicted octanol–water partition coefficient (Wildman–Crippen LogP) is 13.5. The molecule has 0 aliphatic rings. The molecule has 0 unspecified atom stereocenters. The maximum atomic E-state index is 11.8. The summed E-state index contributed by atoms with van der Waals surface area (Å²) >= 11 is 3.04. The molecule has 0 aliphatic heterocycles. The van der Waals surface area contributed by atoms with Crippen LogP contribution in [0, 0.1) is 40.4 Å². The number of thiophene rings is 3. The summed E-state index contributed by atoms with van der Waals surface area (Å²) in [5.41, 5.74) is 6.65. The smallest absolute Gasteiger partial charge is 0.293 e. The van der Waals surface area contributed by atoms with Gasteiger partial charge in [0.05, 0.1) is 44.9 Å². The van der Waals surface area contributed by atoms with Crippen LogP contribution in [0.4, 0.5) is 39.5 Å². The van der Waals surface area contributed by atoms with Gasteiger partial charge in [0.2, 0.25) is 17.3 Å². The predicted molar refractivity (Wildman–Crippen MR) is 241 cm³/mol. The third-order valence-corrected chi connectivity index (χ3v) is 11.8. The first kappa shape index (κ1) is 55.9. The van der Waals surface area contributed by atoms with Gasteiger partial charge >= 0.3 is 58.9 Å². The van der Waals surface area contributed by atoms with Gasteiger partial charge in [-0.05, 0) is 68.7 Å². The van der Waals surface area contributed by atoms with Gasteiger partial charge in [0.15, 0.2) is 17.3 Å². The molecule has 0 aliphatic carbocycles. The number of pyridine rings is 2. The van der Waals surface area contributed by atoms with E-state index in [4.69, 9.17) is 0 Å². The number of hydrogen-bond acceptors (Lipinski definition) is 11. The Morgan fingerprint density at radius 3 is 0.928 bits per heavy atom. The molecule has 0 amide bonds. The standard InChI is InChI=1S/C24H16N2.3C8H5F3O2S.Sm/c1-3-7-17(8-4-1)19-13-15-25-23-21(19)11-12-22-20(14-16-26-24(22)23)18-9-5-2-6-10-18;3*9-8(10,11)7(13)4-5(12)6-2-1-3-14-6;/h1-16H;3*1-3H,4H2;/q;;;;+3. The molecule has 3 aromatic carbocycles. The zero-order chi connectivity index (χ0) is 49.6. The zero-order valence-electron chi connectivity index (χ0n) is 34.9. The van der Waals surface area contributed by atoms with Crippen LogP contribution < -0.4 is 0 Å². The van der Waals surface area contributed by atoms with E-state index in [9.17, 15) is 68.3 Å². The molecular weight excluding hydrogens is 1120 g/mol. The summed E-state index contributed by atoms with van der Waals surface area (Å²) in [5, 5.41) is 6.94. The molecular formula is C48H31F9N2O6S3Sm+3. The molecule has 8 nitrogen and oxygen atoms in total. The number of alkyl halides is 9. The average Bonchev–Trinajstić information content (AvgIpc) is 4.15. The minimum Gasteiger partial charge on any atom is -0.293 e. The van der Waals surface area contributed by atoms with Crippen LogP contribution in [0.1, 0.15) is 48.3 Å². The van der Waals surface area contributed by atoms with Crippen LogP contribution in [0.25, 0.3) is 44.1 Å². The molecule has 0 spiro atoms. The maximum Gasteiger partial charge on any atom is 3.00 e. The Bertz CT molecular complexity index is 2730. The number of Topliss-reactive ketones (excluding diaryl/α,β-unsaturated/α-hetero) is 6. The van der Waals surface area contributed by atoms with Crippen molar-refractivity contribution in [2.45, 2.75) is 37.8 Å². The third-order valence-electron chi connectivity index (χ3n) is 9.09. The largest absolute Gasteiger partial charge is 3.00 e. The monoisotopic (exact) mass is 1150 g/mol. The summed E-state index contributed by atoms with van der Waals surface area (Å²) in [6.45, 7) is 0. The van der Waals surface area contributed by atoms with E-state index in [-0.39, 0.29) is 55.0 Å². The Hall–Kier alpha value is -5.69. The molecule has 0 saturated carbocycles. The molecule has 5 heterocycles. The van der Waals surface area contributed by atoms with Gasteiger partial charge in [-0.15, -0.1) is 34.0 Å². The number of ketones is 6. The number of nitrogens with zero attached hydrogens (tertiary/aromatic N) is 2. The Morgan fingerprint density at radius 1 is 0.391 bits per heavy atom. The van der Waals surface area contributed by atoms with Crippen LogP contribution in [0.5, 0.6) is 0 Å². The second-order valence-electron chi connectivity index (χ2n) is 13.8. The van der Waals surface area contributed by atoms with Gasteiger partial charge in [0, 0.05) is 23.2 Å². The molecule has 21 heteroatoms. The van der Waals surface area contributed by atoms with Crippen LogP contribution in [0.3, 0.4) is 0 Å². The van der Waals surface area contributed by atoms with E-state index in [1.54, 1.807) is 16.1 Å². The number of rotatable bonds is 11. The van der Waals surface area contributed by atoms with Crippen molar-refractivity contribution in [3.63, 3.8) is 0 Å². The number of halogens is 9. The van der Waals surface area contributed by atoms with Crippen molar-refractivity contribution in [3.8, 4) is 22.3 Å². The summed E-state index contributed by atoms with van der Waals surface area (Å²) in [4.78, 5) is 74.3. The number of fused-ring (bicyclic) bond motifs is 3. The number of hydrogen-bond donors (Lipinski definition) is 0. The Kier molecular flexibility index (Phi) is 20.5. The Labute approximate surface area is 430 Å². The van der Waals surface area contributed by atoms with E-state index in [1.165, 1.54) is 58.7 Å². The van der Waals surface area contributed by atoms with Crippen molar-refractivity contribution in [1.29, 1.82) is 0 Å². The second-order valence-corrected chi connectivity index (χ2v) is 16.6. The summed E-state index contributed by atoms with van der Waals surface area (Å²) < 4.78 is 106. The molecule has 8 aromatic rings. The van der Waals surface area contributed by atoms with Crippen LogP contribution in [-0.4, -0.2) is 63.2 Å². The number of carbonyl (C=O) groups is 6. The maximum absolute atomic E-state index is 11.8. The van der Waals surface area contributed by atoms with Gasteiger partial charge in [-0.2, -0.15) is 39.5 Å². The Morgan fingerprint density at radius 2 is 0.681 bits per heavy atom. The molecule has 353 valence electrons. The first-order chi connectivity index (χ1) is 32.1. The summed E-state index contributed by atoms with van der Waals surface area (Å²) in [7, 11) is 0. The molecule has 5 aromatic heterocycles. The fourth-order valence-electron chi connectivity index (χ4n) is 5.88. The van der Waals surface area contributed by atoms with E-state index < -0.39 is 72.5 Å². The van der Waals surface area contributed by atoms with Crippen molar-refractivity contribution in [2.75, 3.05) is 0 Å².